The van der Waals surface area contributed by atoms with Gasteiger partial charge in [-0.05, 0) is 40.8 Å². The quantitative estimate of drug-likeness (QED) is 0.628. The molecule has 0 spiro atoms. The minimum Gasteiger partial charge on any atom is -0.497 e. The van der Waals surface area contributed by atoms with Gasteiger partial charge >= 0.3 is 0 Å². The fraction of sp³-hybridized carbons (Fsp3) is 0.630. The molecule has 0 fully saturated rings. The van der Waals surface area contributed by atoms with Crippen LogP contribution in [0.1, 0.15) is 67.4 Å². The molecule has 0 aliphatic heterocycles. The molecule has 1 aromatic heterocycles. The number of hydrogen-bond acceptors (Lipinski definition) is 4. The molecule has 184 valence electrons. The van der Waals surface area contributed by atoms with Crippen molar-refractivity contribution >= 4 is 16.8 Å². The lowest BCUT2D eigenvalue weighted by atomic mass is 9.87. The van der Waals surface area contributed by atoms with Crippen molar-refractivity contribution in [2.45, 2.75) is 73.8 Å². The smallest absolute Gasteiger partial charge is 0.255 e. The first-order valence-corrected chi connectivity index (χ1v) is 11.7. The lowest BCUT2D eigenvalue weighted by Gasteiger charge is -2.33. The van der Waals surface area contributed by atoms with Crippen LogP contribution in [-0.2, 0) is 16.8 Å². The number of hydrogen-bond donors (Lipinski definition) is 1. The molecule has 1 N–H and O–H groups in total. The zero-order chi connectivity index (χ0) is 25.2. The molecule has 6 heteroatoms. The lowest BCUT2D eigenvalue weighted by molar-refractivity contribution is -0.134. The number of carbonyl (C=O) groups excluding carboxylic acids is 1. The number of pyridine rings is 1. The summed E-state index contributed by atoms with van der Waals surface area (Å²) in [5.41, 5.74) is 0.458. The van der Waals surface area contributed by atoms with Gasteiger partial charge in [-0.15, -0.1) is 0 Å². The van der Waals surface area contributed by atoms with Crippen molar-refractivity contribution < 1.29 is 14.6 Å². The molecule has 0 radical (unpaired) electrons. The third-order valence-electron chi connectivity index (χ3n) is 5.94. The number of benzene rings is 1. The molecular formula is C27H42N2O4. The van der Waals surface area contributed by atoms with Gasteiger partial charge in [0.15, 0.2) is 0 Å². The summed E-state index contributed by atoms with van der Waals surface area (Å²) in [6.45, 7) is 17.2. The van der Waals surface area contributed by atoms with Gasteiger partial charge in [0.2, 0.25) is 5.91 Å². The van der Waals surface area contributed by atoms with Crippen molar-refractivity contribution in [3.8, 4) is 5.75 Å². The number of ether oxygens (including phenoxy) is 1. The minimum atomic E-state index is -0.433. The number of methoxy groups -OCH3 is 1. The van der Waals surface area contributed by atoms with Crippen molar-refractivity contribution in [1.29, 1.82) is 0 Å². The third-order valence-corrected chi connectivity index (χ3v) is 5.94. The molecule has 2 rings (SSSR count). The molecule has 1 heterocycles. The summed E-state index contributed by atoms with van der Waals surface area (Å²) in [5.74, 6) is 0.510. The number of rotatable bonds is 8. The summed E-state index contributed by atoms with van der Waals surface area (Å²) in [7, 11) is 1.59. The Morgan fingerprint density at radius 2 is 1.70 bits per heavy atom. The molecule has 0 saturated heterocycles. The van der Waals surface area contributed by atoms with E-state index in [0.29, 0.717) is 29.9 Å². The maximum Gasteiger partial charge on any atom is 0.255 e. The van der Waals surface area contributed by atoms with Crippen molar-refractivity contribution in [1.82, 2.24) is 9.47 Å². The summed E-state index contributed by atoms with van der Waals surface area (Å²) < 4.78 is 6.97. The molecule has 2 aromatic rings. The Hall–Kier alpha value is -2.34. The van der Waals surface area contributed by atoms with Gasteiger partial charge in [0.25, 0.3) is 5.56 Å². The fourth-order valence-electron chi connectivity index (χ4n) is 3.74. The van der Waals surface area contributed by atoms with Crippen LogP contribution in [-0.4, -0.2) is 47.3 Å². The number of amides is 1. The molecule has 6 nitrogen and oxygen atoms in total. The lowest BCUT2D eigenvalue weighted by Crippen LogP contribution is -2.44. The average Bonchev–Trinajstić information content (AvgIpc) is 2.70. The van der Waals surface area contributed by atoms with Gasteiger partial charge in [-0.3, -0.25) is 14.2 Å². The Labute approximate surface area is 198 Å². The largest absolute Gasteiger partial charge is 0.497 e. The number of aromatic nitrogens is 1. The van der Waals surface area contributed by atoms with Gasteiger partial charge in [0, 0.05) is 36.7 Å². The Morgan fingerprint density at radius 1 is 1.06 bits per heavy atom. The van der Waals surface area contributed by atoms with Gasteiger partial charge in [-0.1, -0.05) is 55.4 Å². The summed E-state index contributed by atoms with van der Waals surface area (Å²) in [5, 5.41) is 10.7. The normalized spacial score (nSPS) is 12.8. The molecule has 0 bridgehead atoms. The number of aliphatic hydroxyl groups is 1. The molecule has 0 aliphatic rings. The van der Waals surface area contributed by atoms with Crippen molar-refractivity contribution in [3.05, 3.63) is 40.2 Å². The number of carbonyl (C=O) groups is 1. The first kappa shape index (κ1) is 26.9. The molecule has 1 aromatic carbocycles. The van der Waals surface area contributed by atoms with Crippen LogP contribution >= 0.6 is 0 Å². The standard InChI is InChI=1S/C27H42N2O4/c1-25(2,3)12-13-28(17-27(7,8)18-30)23(31)16-29-22-15-20(33-9)11-10-19(22)14-21(24(29)32)26(4,5)6/h10-11,14-15,30H,12-13,16-18H2,1-9H3. The van der Waals surface area contributed by atoms with Gasteiger partial charge in [0.05, 0.1) is 12.6 Å². The highest BCUT2D eigenvalue weighted by atomic mass is 16.5. The van der Waals surface area contributed by atoms with Crippen molar-refractivity contribution in [3.63, 3.8) is 0 Å². The highest BCUT2D eigenvalue weighted by Crippen LogP contribution is 2.26. The van der Waals surface area contributed by atoms with Crippen LogP contribution in [0.15, 0.2) is 29.1 Å². The van der Waals surface area contributed by atoms with Gasteiger partial charge < -0.3 is 14.7 Å². The minimum absolute atomic E-state index is 0.0219. The van der Waals surface area contributed by atoms with Crippen LogP contribution in [0.4, 0.5) is 0 Å². The number of nitrogens with zero attached hydrogens (tertiary/aromatic N) is 2. The summed E-state index contributed by atoms with van der Waals surface area (Å²) in [6, 6.07) is 7.53. The molecule has 0 aliphatic carbocycles. The summed E-state index contributed by atoms with van der Waals surface area (Å²) in [6.07, 6.45) is 0.825. The van der Waals surface area contributed by atoms with E-state index in [9.17, 15) is 14.7 Å². The summed E-state index contributed by atoms with van der Waals surface area (Å²) >= 11 is 0. The Bertz CT molecular complexity index is 1040. The third kappa shape index (κ3) is 7.07. The Balaban J connectivity index is 2.57. The van der Waals surface area contributed by atoms with E-state index in [1.54, 1.807) is 16.6 Å². The summed E-state index contributed by atoms with van der Waals surface area (Å²) in [4.78, 5) is 28.9. The molecular weight excluding hydrogens is 416 g/mol. The second-order valence-corrected chi connectivity index (χ2v) is 12.1. The highest BCUT2D eigenvalue weighted by molar-refractivity contribution is 5.84. The average molecular weight is 459 g/mol. The molecule has 33 heavy (non-hydrogen) atoms. The second-order valence-electron chi connectivity index (χ2n) is 12.1. The SMILES string of the molecule is COc1ccc2cc(C(C)(C)C)c(=O)n(CC(=O)N(CCC(C)(C)C)CC(C)(C)CO)c2c1. The zero-order valence-electron chi connectivity index (χ0n) is 21.9. The Morgan fingerprint density at radius 3 is 2.21 bits per heavy atom. The highest BCUT2D eigenvalue weighted by Gasteiger charge is 2.27. The van der Waals surface area contributed by atoms with Crippen LogP contribution in [0.25, 0.3) is 10.9 Å². The molecule has 0 unspecified atom stereocenters. The van der Waals surface area contributed by atoms with Gasteiger partial charge in [0.1, 0.15) is 12.3 Å². The van der Waals surface area contributed by atoms with E-state index >= 15 is 0 Å². The van der Waals surface area contributed by atoms with E-state index in [4.69, 9.17) is 4.74 Å². The van der Waals surface area contributed by atoms with Gasteiger partial charge in [-0.25, -0.2) is 0 Å². The topological polar surface area (TPSA) is 71.8 Å². The number of aliphatic hydroxyl groups excluding tert-OH is 1. The predicted molar refractivity (Wildman–Crippen MR) is 135 cm³/mol. The predicted octanol–water partition coefficient (Wildman–Crippen LogP) is 4.59. The Kier molecular flexibility index (Phi) is 8.06. The molecule has 0 atom stereocenters. The fourth-order valence-corrected chi connectivity index (χ4v) is 3.74. The van der Waals surface area contributed by atoms with Crippen molar-refractivity contribution in [2.75, 3.05) is 26.8 Å². The second kappa shape index (κ2) is 9.88. The first-order valence-electron chi connectivity index (χ1n) is 11.7. The number of fused-ring (bicyclic) bond motifs is 1. The van der Waals surface area contributed by atoms with Crippen LogP contribution in [0.3, 0.4) is 0 Å². The first-order chi connectivity index (χ1) is 15.1. The van der Waals surface area contributed by atoms with E-state index in [2.05, 4.69) is 20.8 Å². The van der Waals surface area contributed by atoms with E-state index < -0.39 is 5.41 Å². The van der Waals surface area contributed by atoms with Crippen LogP contribution in [0.5, 0.6) is 5.75 Å². The monoisotopic (exact) mass is 458 g/mol. The van der Waals surface area contributed by atoms with Gasteiger partial charge in [-0.2, -0.15) is 0 Å². The van der Waals surface area contributed by atoms with Crippen LogP contribution in [0, 0.1) is 10.8 Å². The molecule has 1 amide bonds. The van der Waals surface area contributed by atoms with E-state index in [-0.39, 0.29) is 35.4 Å². The van der Waals surface area contributed by atoms with E-state index in [1.165, 1.54) is 0 Å². The zero-order valence-corrected chi connectivity index (χ0v) is 21.9. The maximum atomic E-state index is 13.6. The van der Waals surface area contributed by atoms with Crippen LogP contribution in [0.2, 0.25) is 0 Å². The maximum absolute atomic E-state index is 13.6. The van der Waals surface area contributed by atoms with E-state index in [1.807, 2.05) is 58.9 Å². The van der Waals surface area contributed by atoms with E-state index in [0.717, 1.165) is 11.8 Å². The van der Waals surface area contributed by atoms with Crippen LogP contribution < -0.4 is 10.3 Å². The molecule has 0 saturated carbocycles. The van der Waals surface area contributed by atoms with Crippen molar-refractivity contribution in [2.24, 2.45) is 10.8 Å².